The van der Waals surface area contributed by atoms with Crippen LogP contribution in [-0.4, -0.2) is 0 Å². The first kappa shape index (κ1) is 13.2. The molecular formula is C17H18N2. The van der Waals surface area contributed by atoms with E-state index in [1.807, 2.05) is 25.1 Å². The molecule has 2 aromatic rings. The summed E-state index contributed by atoms with van der Waals surface area (Å²) < 4.78 is 0. The van der Waals surface area contributed by atoms with E-state index in [0.717, 1.165) is 17.8 Å². The van der Waals surface area contributed by atoms with Gasteiger partial charge in [-0.1, -0.05) is 29.8 Å². The molecule has 19 heavy (non-hydrogen) atoms. The van der Waals surface area contributed by atoms with Crippen LogP contribution in [0.4, 0.5) is 5.69 Å². The first-order chi connectivity index (χ1) is 9.10. The molecule has 0 aromatic heterocycles. The van der Waals surface area contributed by atoms with Crippen LogP contribution >= 0.6 is 0 Å². The van der Waals surface area contributed by atoms with Crippen molar-refractivity contribution in [3.63, 3.8) is 0 Å². The zero-order valence-electron chi connectivity index (χ0n) is 11.6. The number of hydrogen-bond donors (Lipinski definition) is 1. The molecule has 0 saturated carbocycles. The first-order valence-corrected chi connectivity index (χ1v) is 6.41. The third-order valence-electron chi connectivity index (χ3n) is 3.34. The van der Waals surface area contributed by atoms with Gasteiger partial charge in [0.15, 0.2) is 0 Å². The summed E-state index contributed by atoms with van der Waals surface area (Å²) in [5.41, 5.74) is 6.72. The normalized spacial score (nSPS) is 10.0. The Hall–Kier alpha value is -2.27. The van der Waals surface area contributed by atoms with Crippen LogP contribution in [0, 0.1) is 32.1 Å². The van der Waals surface area contributed by atoms with Gasteiger partial charge in [0.1, 0.15) is 0 Å². The number of aryl methyl sites for hydroxylation is 3. The SMILES string of the molecule is Cc1ccc(C)c(CNc2cc(C#N)ccc2C)c1. The Balaban J connectivity index is 2.19. The summed E-state index contributed by atoms with van der Waals surface area (Å²) in [5, 5.41) is 12.4. The summed E-state index contributed by atoms with van der Waals surface area (Å²) in [6, 6.07) is 14.4. The largest absolute Gasteiger partial charge is 0.381 e. The van der Waals surface area contributed by atoms with Crippen LogP contribution in [-0.2, 0) is 6.54 Å². The van der Waals surface area contributed by atoms with E-state index in [2.05, 4.69) is 43.4 Å². The quantitative estimate of drug-likeness (QED) is 0.890. The second-order valence-electron chi connectivity index (χ2n) is 4.92. The second-order valence-corrected chi connectivity index (χ2v) is 4.92. The average Bonchev–Trinajstić information content (AvgIpc) is 2.41. The molecule has 0 aliphatic heterocycles. The van der Waals surface area contributed by atoms with E-state index in [0.29, 0.717) is 5.56 Å². The summed E-state index contributed by atoms with van der Waals surface area (Å²) in [7, 11) is 0. The van der Waals surface area contributed by atoms with Crippen molar-refractivity contribution in [3.05, 3.63) is 64.2 Å². The summed E-state index contributed by atoms with van der Waals surface area (Å²) >= 11 is 0. The van der Waals surface area contributed by atoms with E-state index >= 15 is 0 Å². The Kier molecular flexibility index (Phi) is 3.87. The number of hydrogen-bond acceptors (Lipinski definition) is 2. The fourth-order valence-corrected chi connectivity index (χ4v) is 2.06. The van der Waals surface area contributed by atoms with Crippen molar-refractivity contribution >= 4 is 5.69 Å². The monoisotopic (exact) mass is 250 g/mol. The Labute approximate surface area is 114 Å². The molecule has 0 amide bonds. The molecule has 96 valence electrons. The van der Waals surface area contributed by atoms with Gasteiger partial charge in [0, 0.05) is 12.2 Å². The van der Waals surface area contributed by atoms with Gasteiger partial charge in [-0.25, -0.2) is 0 Å². The third kappa shape index (κ3) is 3.14. The molecule has 0 fully saturated rings. The molecule has 0 bridgehead atoms. The second kappa shape index (κ2) is 5.58. The van der Waals surface area contributed by atoms with Gasteiger partial charge in [0.05, 0.1) is 11.6 Å². The molecule has 0 heterocycles. The first-order valence-electron chi connectivity index (χ1n) is 6.41. The standard InChI is InChI=1S/C17H18N2/c1-12-4-5-13(2)16(8-12)11-19-17-9-15(10-18)7-6-14(17)3/h4-9,19H,11H2,1-3H3. The van der Waals surface area contributed by atoms with E-state index in [4.69, 9.17) is 5.26 Å². The van der Waals surface area contributed by atoms with E-state index in [-0.39, 0.29) is 0 Å². The molecule has 0 aliphatic rings. The van der Waals surface area contributed by atoms with Gasteiger partial charge in [-0.3, -0.25) is 0 Å². The maximum Gasteiger partial charge on any atom is 0.0992 e. The minimum Gasteiger partial charge on any atom is -0.381 e. The molecule has 0 spiro atoms. The lowest BCUT2D eigenvalue weighted by molar-refractivity contribution is 1.10. The molecular weight excluding hydrogens is 232 g/mol. The Morgan fingerprint density at radius 2 is 1.74 bits per heavy atom. The molecule has 2 heteroatoms. The predicted octanol–water partition coefficient (Wildman–Crippen LogP) is 4.10. The molecule has 0 unspecified atom stereocenters. The number of nitriles is 1. The van der Waals surface area contributed by atoms with Crippen molar-refractivity contribution in [1.29, 1.82) is 5.26 Å². The molecule has 2 rings (SSSR count). The highest BCUT2D eigenvalue weighted by molar-refractivity contribution is 5.55. The number of benzene rings is 2. The van der Waals surface area contributed by atoms with Gasteiger partial charge in [0.2, 0.25) is 0 Å². The lowest BCUT2D eigenvalue weighted by Crippen LogP contribution is -2.03. The van der Waals surface area contributed by atoms with E-state index < -0.39 is 0 Å². The fraction of sp³-hybridized carbons (Fsp3) is 0.235. The summed E-state index contributed by atoms with van der Waals surface area (Å²) in [4.78, 5) is 0. The van der Waals surface area contributed by atoms with Crippen LogP contribution in [0.5, 0.6) is 0 Å². The van der Waals surface area contributed by atoms with Gasteiger partial charge in [-0.05, 0) is 49.6 Å². The van der Waals surface area contributed by atoms with Gasteiger partial charge >= 0.3 is 0 Å². The maximum atomic E-state index is 8.94. The lowest BCUT2D eigenvalue weighted by atomic mass is 10.1. The molecule has 0 atom stereocenters. The minimum atomic E-state index is 0.689. The Morgan fingerprint density at radius 3 is 2.47 bits per heavy atom. The summed E-state index contributed by atoms with van der Waals surface area (Å²) in [6.45, 7) is 7.05. The maximum absolute atomic E-state index is 8.94. The van der Waals surface area contributed by atoms with E-state index in [9.17, 15) is 0 Å². The summed E-state index contributed by atoms with van der Waals surface area (Å²) in [6.07, 6.45) is 0. The van der Waals surface area contributed by atoms with Crippen LogP contribution in [0.15, 0.2) is 36.4 Å². The van der Waals surface area contributed by atoms with Crippen molar-refractivity contribution in [3.8, 4) is 6.07 Å². The Bertz CT molecular complexity index is 636. The van der Waals surface area contributed by atoms with Crippen molar-refractivity contribution in [2.45, 2.75) is 27.3 Å². The molecule has 2 aromatic carbocycles. The number of rotatable bonds is 3. The number of nitrogens with one attached hydrogen (secondary N) is 1. The number of nitrogens with zero attached hydrogens (tertiary/aromatic N) is 1. The van der Waals surface area contributed by atoms with Crippen LogP contribution in [0.3, 0.4) is 0 Å². The molecule has 1 N–H and O–H groups in total. The highest BCUT2D eigenvalue weighted by Gasteiger charge is 2.02. The zero-order valence-corrected chi connectivity index (χ0v) is 11.6. The smallest absolute Gasteiger partial charge is 0.0992 e. The number of anilines is 1. The van der Waals surface area contributed by atoms with Gasteiger partial charge in [-0.2, -0.15) is 5.26 Å². The van der Waals surface area contributed by atoms with E-state index in [1.165, 1.54) is 16.7 Å². The lowest BCUT2D eigenvalue weighted by Gasteiger charge is -2.12. The van der Waals surface area contributed by atoms with Gasteiger partial charge in [0.25, 0.3) is 0 Å². The highest BCUT2D eigenvalue weighted by atomic mass is 14.9. The molecule has 0 aliphatic carbocycles. The molecule has 2 nitrogen and oxygen atoms in total. The van der Waals surface area contributed by atoms with Crippen molar-refractivity contribution < 1.29 is 0 Å². The average molecular weight is 250 g/mol. The van der Waals surface area contributed by atoms with Crippen molar-refractivity contribution in [2.75, 3.05) is 5.32 Å². The van der Waals surface area contributed by atoms with Crippen LogP contribution in [0.2, 0.25) is 0 Å². The van der Waals surface area contributed by atoms with Crippen LogP contribution in [0.1, 0.15) is 27.8 Å². The highest BCUT2D eigenvalue weighted by Crippen LogP contribution is 2.19. The van der Waals surface area contributed by atoms with Crippen molar-refractivity contribution in [1.82, 2.24) is 0 Å². The minimum absolute atomic E-state index is 0.689. The predicted molar refractivity (Wildman–Crippen MR) is 79.1 cm³/mol. The zero-order chi connectivity index (χ0) is 13.8. The molecule has 0 radical (unpaired) electrons. The third-order valence-corrected chi connectivity index (χ3v) is 3.34. The summed E-state index contributed by atoms with van der Waals surface area (Å²) in [5.74, 6) is 0. The molecule has 0 saturated heterocycles. The fourth-order valence-electron chi connectivity index (χ4n) is 2.06. The van der Waals surface area contributed by atoms with E-state index in [1.54, 1.807) is 0 Å². The van der Waals surface area contributed by atoms with Gasteiger partial charge in [-0.15, -0.1) is 0 Å². The van der Waals surface area contributed by atoms with Crippen molar-refractivity contribution in [2.24, 2.45) is 0 Å². The van der Waals surface area contributed by atoms with Gasteiger partial charge < -0.3 is 5.32 Å². The Morgan fingerprint density at radius 1 is 1.00 bits per heavy atom. The van der Waals surface area contributed by atoms with Crippen LogP contribution < -0.4 is 5.32 Å². The van der Waals surface area contributed by atoms with Crippen LogP contribution in [0.25, 0.3) is 0 Å². The topological polar surface area (TPSA) is 35.8 Å².